The molecule has 0 aliphatic carbocycles. The molecule has 0 bridgehead atoms. The minimum atomic E-state index is -0.0155. The Bertz CT molecular complexity index is 610. The van der Waals surface area contributed by atoms with Gasteiger partial charge in [0.25, 0.3) is 5.56 Å². The summed E-state index contributed by atoms with van der Waals surface area (Å²) in [6.45, 7) is 7.98. The number of rotatable bonds is 2. The maximum absolute atomic E-state index is 11.9. The zero-order valence-electron chi connectivity index (χ0n) is 10.5. The highest BCUT2D eigenvalue weighted by Gasteiger charge is 2.11. The maximum Gasteiger partial charge on any atom is 0.254 e. The van der Waals surface area contributed by atoms with Crippen LogP contribution in [0.3, 0.4) is 0 Å². The second kappa shape index (κ2) is 4.45. The Kier molecular flexibility index (Phi) is 3.15. The monoisotopic (exact) mass is 248 g/mol. The van der Waals surface area contributed by atoms with Crippen molar-refractivity contribution < 1.29 is 0 Å². The highest BCUT2D eigenvalue weighted by atomic mass is 32.1. The van der Waals surface area contributed by atoms with Crippen LogP contribution in [0.4, 0.5) is 0 Å². The average Bonchev–Trinajstić information content (AvgIpc) is 2.57. The minimum Gasteiger partial charge on any atom is -0.306 e. The van der Waals surface area contributed by atoms with Crippen molar-refractivity contribution in [3.05, 3.63) is 37.4 Å². The number of aryl methyl sites for hydroxylation is 3. The van der Waals surface area contributed by atoms with Crippen LogP contribution in [0.25, 0.3) is 11.4 Å². The van der Waals surface area contributed by atoms with Crippen LogP contribution in [0.2, 0.25) is 0 Å². The fraction of sp³-hybridized carbons (Fsp3) is 0.385. The van der Waals surface area contributed by atoms with Crippen molar-refractivity contribution in [2.75, 3.05) is 0 Å². The van der Waals surface area contributed by atoms with E-state index in [0.29, 0.717) is 5.82 Å². The number of hydrogen-bond donors (Lipinski definition) is 1. The fourth-order valence-electron chi connectivity index (χ4n) is 2.02. The Morgan fingerprint density at radius 1 is 1.35 bits per heavy atom. The van der Waals surface area contributed by atoms with Crippen molar-refractivity contribution in [1.82, 2.24) is 9.97 Å². The fourth-order valence-corrected chi connectivity index (χ4v) is 2.95. The number of thiophene rings is 1. The van der Waals surface area contributed by atoms with Gasteiger partial charge in [0.1, 0.15) is 5.82 Å². The van der Waals surface area contributed by atoms with Gasteiger partial charge in [-0.1, -0.05) is 6.92 Å². The van der Waals surface area contributed by atoms with E-state index in [0.717, 1.165) is 23.2 Å². The largest absolute Gasteiger partial charge is 0.306 e. The molecule has 0 spiro atoms. The molecule has 0 atom stereocenters. The summed E-state index contributed by atoms with van der Waals surface area (Å²) in [6.07, 6.45) is 0.718. The predicted molar refractivity (Wildman–Crippen MR) is 71.8 cm³/mol. The molecule has 17 heavy (non-hydrogen) atoms. The highest BCUT2D eigenvalue weighted by molar-refractivity contribution is 7.12. The Balaban J connectivity index is 2.62. The molecule has 4 heteroatoms. The number of nitrogens with zero attached hydrogens (tertiary/aromatic N) is 1. The van der Waals surface area contributed by atoms with E-state index in [1.807, 2.05) is 13.8 Å². The van der Waals surface area contributed by atoms with E-state index in [4.69, 9.17) is 0 Å². The van der Waals surface area contributed by atoms with Crippen molar-refractivity contribution in [3.8, 4) is 11.4 Å². The second-order valence-corrected chi connectivity index (χ2v) is 5.62. The van der Waals surface area contributed by atoms with E-state index in [2.05, 4.69) is 29.9 Å². The number of hydrogen-bond acceptors (Lipinski definition) is 3. The number of nitrogens with one attached hydrogen (secondary N) is 1. The van der Waals surface area contributed by atoms with Crippen molar-refractivity contribution in [1.29, 1.82) is 0 Å². The number of H-pyrrole nitrogens is 1. The molecular weight excluding hydrogens is 232 g/mol. The molecule has 0 aliphatic rings. The molecule has 2 aromatic heterocycles. The van der Waals surface area contributed by atoms with Gasteiger partial charge in [-0.2, -0.15) is 0 Å². The average molecular weight is 248 g/mol. The molecule has 0 aromatic carbocycles. The van der Waals surface area contributed by atoms with E-state index in [-0.39, 0.29) is 5.56 Å². The van der Waals surface area contributed by atoms with Gasteiger partial charge >= 0.3 is 0 Å². The summed E-state index contributed by atoms with van der Waals surface area (Å²) in [5.41, 5.74) is 2.63. The summed E-state index contributed by atoms with van der Waals surface area (Å²) in [6, 6.07) is 2.07. The summed E-state index contributed by atoms with van der Waals surface area (Å²) in [5.74, 6) is 0.687. The van der Waals surface area contributed by atoms with Crippen LogP contribution in [0.5, 0.6) is 0 Å². The van der Waals surface area contributed by atoms with E-state index in [9.17, 15) is 4.79 Å². The van der Waals surface area contributed by atoms with E-state index < -0.39 is 0 Å². The molecule has 0 radical (unpaired) electrons. The SMILES string of the molecule is CCc1c(C)nc(-c2cc(C)sc2C)[nH]c1=O. The number of aromatic nitrogens is 2. The summed E-state index contributed by atoms with van der Waals surface area (Å²) in [7, 11) is 0. The van der Waals surface area contributed by atoms with Crippen LogP contribution >= 0.6 is 11.3 Å². The molecule has 0 aliphatic heterocycles. The van der Waals surface area contributed by atoms with Gasteiger partial charge in [-0.15, -0.1) is 11.3 Å². The van der Waals surface area contributed by atoms with Gasteiger partial charge in [0, 0.05) is 26.6 Å². The topological polar surface area (TPSA) is 45.8 Å². The summed E-state index contributed by atoms with van der Waals surface area (Å²) in [5, 5.41) is 0. The van der Waals surface area contributed by atoms with Crippen LogP contribution in [0.15, 0.2) is 10.9 Å². The Morgan fingerprint density at radius 3 is 2.53 bits per heavy atom. The molecule has 0 saturated heterocycles. The quantitative estimate of drug-likeness (QED) is 0.888. The van der Waals surface area contributed by atoms with Crippen molar-refractivity contribution in [2.24, 2.45) is 0 Å². The van der Waals surface area contributed by atoms with Gasteiger partial charge in [0.15, 0.2) is 0 Å². The standard InChI is InChI=1S/C13H16N2OS/c1-5-10-8(3)14-12(15-13(10)16)11-6-7(2)17-9(11)4/h6H,5H2,1-4H3,(H,14,15,16). The third-order valence-corrected chi connectivity index (χ3v) is 3.84. The third kappa shape index (κ3) is 2.17. The van der Waals surface area contributed by atoms with Crippen LogP contribution in [0, 0.1) is 20.8 Å². The molecular formula is C13H16N2OS. The zero-order chi connectivity index (χ0) is 12.6. The van der Waals surface area contributed by atoms with Gasteiger partial charge in [-0.25, -0.2) is 4.98 Å². The Labute approximate surface area is 105 Å². The van der Waals surface area contributed by atoms with Crippen molar-refractivity contribution in [3.63, 3.8) is 0 Å². The van der Waals surface area contributed by atoms with Crippen molar-refractivity contribution in [2.45, 2.75) is 34.1 Å². The first-order valence-corrected chi connectivity index (χ1v) is 6.51. The molecule has 1 N–H and O–H groups in total. The smallest absolute Gasteiger partial charge is 0.254 e. The lowest BCUT2D eigenvalue weighted by Crippen LogP contribution is -2.16. The van der Waals surface area contributed by atoms with Crippen LogP contribution < -0.4 is 5.56 Å². The van der Waals surface area contributed by atoms with Crippen LogP contribution in [0.1, 0.15) is 27.9 Å². The molecule has 0 unspecified atom stereocenters. The summed E-state index contributed by atoms with van der Waals surface area (Å²) >= 11 is 1.72. The zero-order valence-corrected chi connectivity index (χ0v) is 11.4. The Hall–Kier alpha value is -1.42. The van der Waals surface area contributed by atoms with Crippen LogP contribution in [-0.2, 0) is 6.42 Å². The van der Waals surface area contributed by atoms with E-state index in [1.165, 1.54) is 9.75 Å². The molecule has 2 aromatic rings. The molecule has 0 saturated carbocycles. The van der Waals surface area contributed by atoms with Crippen LogP contribution in [-0.4, -0.2) is 9.97 Å². The van der Waals surface area contributed by atoms with E-state index >= 15 is 0 Å². The maximum atomic E-state index is 11.9. The predicted octanol–water partition coefficient (Wildman–Crippen LogP) is 2.99. The minimum absolute atomic E-state index is 0.0155. The molecule has 3 nitrogen and oxygen atoms in total. The molecule has 2 heterocycles. The first-order valence-electron chi connectivity index (χ1n) is 5.70. The Morgan fingerprint density at radius 2 is 2.06 bits per heavy atom. The van der Waals surface area contributed by atoms with Gasteiger partial charge in [0.05, 0.1) is 0 Å². The van der Waals surface area contributed by atoms with E-state index in [1.54, 1.807) is 11.3 Å². The van der Waals surface area contributed by atoms with Gasteiger partial charge in [0.2, 0.25) is 0 Å². The molecule has 2 rings (SSSR count). The molecule has 0 fully saturated rings. The molecule has 0 amide bonds. The molecule has 90 valence electrons. The lowest BCUT2D eigenvalue weighted by Gasteiger charge is -2.05. The summed E-state index contributed by atoms with van der Waals surface area (Å²) in [4.78, 5) is 21.7. The van der Waals surface area contributed by atoms with Crippen molar-refractivity contribution >= 4 is 11.3 Å². The normalized spacial score (nSPS) is 10.8. The second-order valence-electron chi connectivity index (χ2n) is 4.16. The van der Waals surface area contributed by atoms with Gasteiger partial charge in [-0.3, -0.25) is 4.79 Å². The summed E-state index contributed by atoms with van der Waals surface area (Å²) < 4.78 is 0. The first kappa shape index (κ1) is 12.0. The number of aromatic amines is 1. The first-order chi connectivity index (χ1) is 8.02. The highest BCUT2D eigenvalue weighted by Crippen LogP contribution is 2.27. The lowest BCUT2D eigenvalue weighted by atomic mass is 10.1. The van der Waals surface area contributed by atoms with Gasteiger partial charge < -0.3 is 4.98 Å². The third-order valence-electron chi connectivity index (χ3n) is 2.87. The van der Waals surface area contributed by atoms with Gasteiger partial charge in [-0.05, 0) is 33.3 Å². The lowest BCUT2D eigenvalue weighted by molar-refractivity contribution is 0.967.